The van der Waals surface area contributed by atoms with Crippen LogP contribution in [-0.2, 0) is 19.5 Å². The highest BCUT2D eigenvalue weighted by molar-refractivity contribution is 9.10. The van der Waals surface area contributed by atoms with Gasteiger partial charge in [0.25, 0.3) is 5.56 Å². The summed E-state index contributed by atoms with van der Waals surface area (Å²) in [5.41, 5.74) is 4.79. The van der Waals surface area contributed by atoms with Crippen LogP contribution in [-0.4, -0.2) is 26.4 Å². The summed E-state index contributed by atoms with van der Waals surface area (Å²) >= 11 is 9.47. The summed E-state index contributed by atoms with van der Waals surface area (Å²) in [6.45, 7) is 2.26. The molecule has 0 bridgehead atoms. The summed E-state index contributed by atoms with van der Waals surface area (Å²) in [5, 5.41) is 1.87. The Balaban J connectivity index is 1.40. The Morgan fingerprint density at radius 3 is 2.83 bits per heavy atom. The average Bonchev–Trinajstić information content (AvgIpc) is 3.10. The molecule has 0 unspecified atom stereocenters. The molecule has 2 N–H and O–H groups in total. The molecule has 1 aliphatic rings. The Labute approximate surface area is 180 Å². The van der Waals surface area contributed by atoms with Gasteiger partial charge >= 0.3 is 0 Å². The standard InChI is InChI=1S/C22H18BrClN4O/c23-15-3-6-17-14(10-25-20(17)9-15)11-28-8-7-19-18(12-28)22(29)27-21(26-19)13-1-4-16(24)5-2-13/h1-6,9-10,25H,7-8,11-12H2,(H,26,27,29). The number of benzene rings is 2. The van der Waals surface area contributed by atoms with Gasteiger partial charge in [0.1, 0.15) is 5.82 Å². The van der Waals surface area contributed by atoms with E-state index in [9.17, 15) is 4.79 Å². The van der Waals surface area contributed by atoms with Gasteiger partial charge in [-0.3, -0.25) is 9.69 Å². The second kappa shape index (κ2) is 7.44. The first-order chi connectivity index (χ1) is 14.1. The molecule has 0 spiro atoms. The summed E-state index contributed by atoms with van der Waals surface area (Å²) in [7, 11) is 0. The van der Waals surface area contributed by atoms with Crippen LogP contribution in [0.5, 0.6) is 0 Å². The SMILES string of the molecule is O=c1[nH]c(-c2ccc(Cl)cc2)nc2c1CN(Cc1c[nH]c3cc(Br)ccc13)CC2. The number of hydrogen-bond donors (Lipinski definition) is 2. The van der Waals surface area contributed by atoms with Crippen LogP contribution in [0.15, 0.2) is 57.9 Å². The van der Waals surface area contributed by atoms with Crippen molar-refractivity contribution in [2.75, 3.05) is 6.54 Å². The van der Waals surface area contributed by atoms with E-state index in [0.29, 0.717) is 17.4 Å². The van der Waals surface area contributed by atoms with Crippen molar-refractivity contribution in [2.24, 2.45) is 0 Å². The molecule has 4 aromatic rings. The number of H-pyrrole nitrogens is 2. The maximum atomic E-state index is 12.8. The first kappa shape index (κ1) is 18.6. The molecule has 2 aromatic heterocycles. The van der Waals surface area contributed by atoms with Crippen LogP contribution in [0.1, 0.15) is 16.8 Å². The molecule has 146 valence electrons. The van der Waals surface area contributed by atoms with E-state index in [1.54, 1.807) is 12.1 Å². The van der Waals surface area contributed by atoms with Crippen LogP contribution in [0.25, 0.3) is 22.3 Å². The zero-order chi connectivity index (χ0) is 20.0. The third kappa shape index (κ3) is 3.64. The smallest absolute Gasteiger partial charge is 0.255 e. The highest BCUT2D eigenvalue weighted by atomic mass is 79.9. The molecule has 0 saturated heterocycles. The lowest BCUT2D eigenvalue weighted by Crippen LogP contribution is -2.35. The van der Waals surface area contributed by atoms with Crippen molar-refractivity contribution < 1.29 is 0 Å². The molecular formula is C22H18BrClN4O. The maximum Gasteiger partial charge on any atom is 0.255 e. The third-order valence-corrected chi connectivity index (χ3v) is 6.13. The van der Waals surface area contributed by atoms with E-state index in [1.165, 1.54) is 10.9 Å². The van der Waals surface area contributed by atoms with Gasteiger partial charge in [-0.25, -0.2) is 4.98 Å². The van der Waals surface area contributed by atoms with E-state index in [2.05, 4.69) is 55.2 Å². The van der Waals surface area contributed by atoms with Crippen molar-refractivity contribution in [1.29, 1.82) is 0 Å². The molecule has 0 radical (unpaired) electrons. The summed E-state index contributed by atoms with van der Waals surface area (Å²) in [5.74, 6) is 0.598. The summed E-state index contributed by atoms with van der Waals surface area (Å²) in [6, 6.07) is 13.6. The molecule has 1 aliphatic heterocycles. The van der Waals surface area contributed by atoms with E-state index in [-0.39, 0.29) is 5.56 Å². The van der Waals surface area contributed by atoms with Gasteiger partial charge in [0.05, 0.1) is 11.3 Å². The number of aromatic nitrogens is 3. The Morgan fingerprint density at radius 1 is 1.17 bits per heavy atom. The fourth-order valence-electron chi connectivity index (χ4n) is 3.89. The minimum absolute atomic E-state index is 0.0625. The number of hydrogen-bond acceptors (Lipinski definition) is 3. The van der Waals surface area contributed by atoms with Gasteiger partial charge in [-0.1, -0.05) is 33.6 Å². The number of nitrogens with one attached hydrogen (secondary N) is 2. The summed E-state index contributed by atoms with van der Waals surface area (Å²) in [6.07, 6.45) is 2.81. The molecule has 3 heterocycles. The Bertz CT molecular complexity index is 1260. The van der Waals surface area contributed by atoms with Crippen molar-refractivity contribution in [1.82, 2.24) is 19.9 Å². The monoisotopic (exact) mass is 468 g/mol. The molecule has 0 aliphatic carbocycles. The lowest BCUT2D eigenvalue weighted by atomic mass is 10.1. The molecule has 0 saturated carbocycles. The zero-order valence-electron chi connectivity index (χ0n) is 15.5. The topological polar surface area (TPSA) is 64.8 Å². The zero-order valence-corrected chi connectivity index (χ0v) is 17.8. The number of fused-ring (bicyclic) bond motifs is 2. The quantitative estimate of drug-likeness (QED) is 0.449. The van der Waals surface area contributed by atoms with E-state index < -0.39 is 0 Å². The average molecular weight is 470 g/mol. The van der Waals surface area contributed by atoms with Crippen LogP contribution >= 0.6 is 27.5 Å². The van der Waals surface area contributed by atoms with Gasteiger partial charge in [-0.15, -0.1) is 0 Å². The molecule has 0 amide bonds. The Kier molecular flexibility index (Phi) is 4.78. The number of halogens is 2. The van der Waals surface area contributed by atoms with Gasteiger partial charge in [0, 0.05) is 58.2 Å². The summed E-state index contributed by atoms with van der Waals surface area (Å²) < 4.78 is 1.05. The molecule has 5 rings (SSSR count). The van der Waals surface area contributed by atoms with Gasteiger partial charge in [-0.2, -0.15) is 0 Å². The first-order valence-electron chi connectivity index (χ1n) is 9.43. The first-order valence-corrected chi connectivity index (χ1v) is 10.6. The minimum atomic E-state index is -0.0625. The molecule has 7 heteroatoms. The van der Waals surface area contributed by atoms with Gasteiger partial charge in [0.15, 0.2) is 0 Å². The molecule has 0 fully saturated rings. The van der Waals surface area contributed by atoms with Crippen molar-refractivity contribution in [2.45, 2.75) is 19.5 Å². The number of nitrogens with zero attached hydrogens (tertiary/aromatic N) is 2. The second-order valence-electron chi connectivity index (χ2n) is 7.31. The van der Waals surface area contributed by atoms with Crippen molar-refractivity contribution in [3.05, 3.63) is 85.3 Å². The maximum absolute atomic E-state index is 12.8. The lowest BCUT2D eigenvalue weighted by molar-refractivity contribution is 0.242. The van der Waals surface area contributed by atoms with Crippen LogP contribution < -0.4 is 5.56 Å². The van der Waals surface area contributed by atoms with Crippen molar-refractivity contribution in [3.63, 3.8) is 0 Å². The van der Waals surface area contributed by atoms with Crippen LogP contribution in [0.3, 0.4) is 0 Å². The predicted octanol–water partition coefficient (Wildman–Crippen LogP) is 4.89. The van der Waals surface area contributed by atoms with Gasteiger partial charge < -0.3 is 9.97 Å². The minimum Gasteiger partial charge on any atom is -0.361 e. The molecule has 2 aromatic carbocycles. The van der Waals surface area contributed by atoms with Crippen LogP contribution in [0.4, 0.5) is 0 Å². The Hall–Kier alpha value is -2.41. The fraction of sp³-hybridized carbons (Fsp3) is 0.182. The third-order valence-electron chi connectivity index (χ3n) is 5.39. The number of aromatic amines is 2. The normalized spacial score (nSPS) is 14.3. The largest absolute Gasteiger partial charge is 0.361 e. The van der Waals surface area contributed by atoms with E-state index >= 15 is 0 Å². The van der Waals surface area contributed by atoms with E-state index in [4.69, 9.17) is 16.6 Å². The second-order valence-corrected chi connectivity index (χ2v) is 8.66. The van der Waals surface area contributed by atoms with E-state index in [1.807, 2.05) is 12.1 Å². The molecule has 5 nitrogen and oxygen atoms in total. The van der Waals surface area contributed by atoms with Crippen LogP contribution in [0, 0.1) is 0 Å². The fourth-order valence-corrected chi connectivity index (χ4v) is 4.38. The number of rotatable bonds is 3. The Morgan fingerprint density at radius 2 is 2.00 bits per heavy atom. The molecule has 0 atom stereocenters. The van der Waals surface area contributed by atoms with Gasteiger partial charge in [0.2, 0.25) is 0 Å². The predicted molar refractivity (Wildman–Crippen MR) is 119 cm³/mol. The van der Waals surface area contributed by atoms with Crippen molar-refractivity contribution >= 4 is 38.4 Å². The van der Waals surface area contributed by atoms with E-state index in [0.717, 1.165) is 46.3 Å². The van der Waals surface area contributed by atoms with Crippen LogP contribution in [0.2, 0.25) is 5.02 Å². The lowest BCUT2D eigenvalue weighted by Gasteiger charge is -2.27. The van der Waals surface area contributed by atoms with Gasteiger partial charge in [-0.05, 0) is 42.0 Å². The summed E-state index contributed by atoms with van der Waals surface area (Å²) in [4.78, 5) is 26.1. The molecular weight excluding hydrogens is 452 g/mol. The highest BCUT2D eigenvalue weighted by Crippen LogP contribution is 2.25. The molecule has 29 heavy (non-hydrogen) atoms. The highest BCUT2D eigenvalue weighted by Gasteiger charge is 2.22. The van der Waals surface area contributed by atoms with Crippen molar-refractivity contribution in [3.8, 4) is 11.4 Å².